The van der Waals surface area contributed by atoms with Crippen LogP contribution in [-0.4, -0.2) is 34.9 Å². The van der Waals surface area contributed by atoms with Gasteiger partial charge in [0.15, 0.2) is 5.16 Å². The third kappa shape index (κ3) is 4.37. The highest BCUT2D eigenvalue weighted by Gasteiger charge is 2.22. The van der Waals surface area contributed by atoms with Crippen LogP contribution in [0.1, 0.15) is 13.3 Å². The van der Waals surface area contributed by atoms with Gasteiger partial charge in [-0.3, -0.25) is 14.2 Å². The van der Waals surface area contributed by atoms with E-state index < -0.39 is 5.25 Å². The fraction of sp³-hybridized carbons (Fsp3) is 0.286. The minimum Gasteiger partial charge on any atom is -0.497 e. The first-order valence-corrected chi connectivity index (χ1v) is 10.0. The van der Waals surface area contributed by atoms with E-state index in [1.807, 2.05) is 19.1 Å². The summed E-state index contributed by atoms with van der Waals surface area (Å²) in [5, 5.41) is 3.52. The van der Waals surface area contributed by atoms with Gasteiger partial charge < -0.3 is 14.8 Å². The van der Waals surface area contributed by atoms with E-state index >= 15 is 0 Å². The number of carbonyl (C=O) groups is 1. The Morgan fingerprint density at radius 3 is 2.66 bits per heavy atom. The fourth-order valence-corrected chi connectivity index (χ4v) is 3.85. The number of benzene rings is 2. The SMILES string of the molecule is CCC(Sc1nc2ccccc2c(=O)n1C)C(=O)Nc1ccc(OC)cc1OC. The first-order chi connectivity index (χ1) is 14.0. The van der Waals surface area contributed by atoms with Crippen LogP contribution in [-0.2, 0) is 11.8 Å². The number of thioether (sulfide) groups is 1. The summed E-state index contributed by atoms with van der Waals surface area (Å²) in [4.78, 5) is 30.1. The lowest BCUT2D eigenvalue weighted by Gasteiger charge is -2.17. The van der Waals surface area contributed by atoms with Gasteiger partial charge in [-0.25, -0.2) is 4.98 Å². The molecule has 0 saturated heterocycles. The van der Waals surface area contributed by atoms with Gasteiger partial charge in [0.1, 0.15) is 11.5 Å². The number of aromatic nitrogens is 2. The van der Waals surface area contributed by atoms with Crippen molar-refractivity contribution in [3.05, 3.63) is 52.8 Å². The molecule has 8 heteroatoms. The van der Waals surface area contributed by atoms with Crippen LogP contribution in [0.3, 0.4) is 0 Å². The molecule has 1 aromatic heterocycles. The van der Waals surface area contributed by atoms with Crippen LogP contribution in [0, 0.1) is 0 Å². The molecule has 29 heavy (non-hydrogen) atoms. The summed E-state index contributed by atoms with van der Waals surface area (Å²) in [6.45, 7) is 1.92. The maximum absolute atomic E-state index is 12.9. The third-order valence-electron chi connectivity index (χ3n) is 4.52. The Hall–Kier alpha value is -3.00. The highest BCUT2D eigenvalue weighted by atomic mass is 32.2. The summed E-state index contributed by atoms with van der Waals surface area (Å²) in [6.07, 6.45) is 0.567. The van der Waals surface area contributed by atoms with Crippen LogP contribution in [0.15, 0.2) is 52.4 Å². The molecule has 0 fully saturated rings. The second-order valence-electron chi connectivity index (χ2n) is 6.35. The Balaban J connectivity index is 1.85. The summed E-state index contributed by atoms with van der Waals surface area (Å²) in [7, 11) is 4.77. The van der Waals surface area contributed by atoms with Gasteiger partial charge in [-0.15, -0.1) is 0 Å². The molecular weight excluding hydrogens is 390 g/mol. The molecule has 1 atom stereocenters. The van der Waals surface area contributed by atoms with E-state index in [0.29, 0.717) is 39.7 Å². The minimum atomic E-state index is -0.430. The van der Waals surface area contributed by atoms with Crippen LogP contribution in [0.4, 0.5) is 5.69 Å². The lowest BCUT2D eigenvalue weighted by molar-refractivity contribution is -0.115. The van der Waals surface area contributed by atoms with Crippen LogP contribution in [0.25, 0.3) is 10.9 Å². The van der Waals surface area contributed by atoms with E-state index in [4.69, 9.17) is 9.47 Å². The highest BCUT2D eigenvalue weighted by Crippen LogP contribution is 2.31. The van der Waals surface area contributed by atoms with Gasteiger partial charge in [0, 0.05) is 13.1 Å². The molecular formula is C21H23N3O4S. The molecule has 0 aliphatic carbocycles. The summed E-state index contributed by atoms with van der Waals surface area (Å²) in [6, 6.07) is 12.4. The van der Waals surface area contributed by atoms with Crippen molar-refractivity contribution in [1.82, 2.24) is 9.55 Å². The van der Waals surface area contributed by atoms with Crippen molar-refractivity contribution in [3.63, 3.8) is 0 Å². The Kier molecular flexibility index (Phi) is 6.43. The molecule has 0 bridgehead atoms. The fourth-order valence-electron chi connectivity index (χ4n) is 2.87. The van der Waals surface area contributed by atoms with Gasteiger partial charge in [0.05, 0.1) is 36.1 Å². The van der Waals surface area contributed by atoms with E-state index in [0.717, 1.165) is 0 Å². The van der Waals surface area contributed by atoms with Gasteiger partial charge in [0.2, 0.25) is 5.91 Å². The largest absolute Gasteiger partial charge is 0.497 e. The van der Waals surface area contributed by atoms with E-state index in [-0.39, 0.29) is 11.5 Å². The number of nitrogens with one attached hydrogen (secondary N) is 1. The average molecular weight is 413 g/mol. The number of amides is 1. The quantitative estimate of drug-likeness (QED) is 0.472. The molecule has 0 aliphatic heterocycles. The molecule has 0 radical (unpaired) electrons. The monoisotopic (exact) mass is 413 g/mol. The Morgan fingerprint density at radius 2 is 1.97 bits per heavy atom. The van der Waals surface area contributed by atoms with Crippen LogP contribution >= 0.6 is 11.8 Å². The van der Waals surface area contributed by atoms with Crippen molar-refractivity contribution < 1.29 is 14.3 Å². The number of methoxy groups -OCH3 is 2. The van der Waals surface area contributed by atoms with Gasteiger partial charge in [-0.2, -0.15) is 0 Å². The second kappa shape index (κ2) is 9.00. The minimum absolute atomic E-state index is 0.134. The summed E-state index contributed by atoms with van der Waals surface area (Å²) in [5.41, 5.74) is 1.04. The molecule has 1 amide bonds. The Bertz CT molecular complexity index is 1100. The van der Waals surface area contributed by atoms with Crippen LogP contribution < -0.4 is 20.3 Å². The summed E-state index contributed by atoms with van der Waals surface area (Å²) < 4.78 is 12.0. The predicted octanol–water partition coefficient (Wildman–Crippen LogP) is 3.46. The molecule has 2 aromatic carbocycles. The maximum atomic E-state index is 12.9. The smallest absolute Gasteiger partial charge is 0.261 e. The molecule has 1 unspecified atom stereocenters. The number of hydrogen-bond donors (Lipinski definition) is 1. The molecule has 3 aromatic rings. The molecule has 0 saturated carbocycles. The van der Waals surface area contributed by atoms with Crippen molar-refractivity contribution in [1.29, 1.82) is 0 Å². The summed E-state index contributed by atoms with van der Waals surface area (Å²) in [5.74, 6) is 0.953. The first-order valence-electron chi connectivity index (χ1n) is 9.13. The van der Waals surface area contributed by atoms with Gasteiger partial charge in [-0.05, 0) is 30.7 Å². The number of fused-ring (bicyclic) bond motifs is 1. The zero-order chi connectivity index (χ0) is 21.0. The number of hydrogen-bond acceptors (Lipinski definition) is 6. The zero-order valence-electron chi connectivity index (χ0n) is 16.8. The van der Waals surface area contributed by atoms with E-state index in [1.54, 1.807) is 44.5 Å². The van der Waals surface area contributed by atoms with Crippen molar-refractivity contribution in [2.45, 2.75) is 23.8 Å². The molecule has 7 nitrogen and oxygen atoms in total. The van der Waals surface area contributed by atoms with Gasteiger partial charge in [0.25, 0.3) is 5.56 Å². The third-order valence-corrected chi connectivity index (χ3v) is 5.93. The van der Waals surface area contributed by atoms with Crippen molar-refractivity contribution in [2.75, 3.05) is 19.5 Å². The maximum Gasteiger partial charge on any atom is 0.261 e. The Labute approximate surface area is 173 Å². The van der Waals surface area contributed by atoms with E-state index in [1.165, 1.54) is 23.4 Å². The van der Waals surface area contributed by atoms with Crippen LogP contribution in [0.2, 0.25) is 0 Å². The number of carbonyl (C=O) groups excluding carboxylic acids is 1. The lowest BCUT2D eigenvalue weighted by Crippen LogP contribution is -2.27. The number of ether oxygens (including phenoxy) is 2. The number of para-hydroxylation sites is 1. The lowest BCUT2D eigenvalue weighted by atomic mass is 10.2. The van der Waals surface area contributed by atoms with Crippen molar-refractivity contribution >= 4 is 34.3 Å². The van der Waals surface area contributed by atoms with E-state index in [2.05, 4.69) is 10.3 Å². The molecule has 3 rings (SSSR count). The Morgan fingerprint density at radius 1 is 1.21 bits per heavy atom. The first kappa shape index (κ1) is 20.7. The molecule has 0 spiro atoms. The average Bonchev–Trinajstić information content (AvgIpc) is 2.75. The van der Waals surface area contributed by atoms with Gasteiger partial charge in [-0.1, -0.05) is 30.8 Å². The van der Waals surface area contributed by atoms with Crippen molar-refractivity contribution in [3.8, 4) is 11.5 Å². The molecule has 1 heterocycles. The normalized spacial score (nSPS) is 11.9. The molecule has 1 N–H and O–H groups in total. The highest BCUT2D eigenvalue weighted by molar-refractivity contribution is 8.00. The number of anilines is 1. The number of rotatable bonds is 7. The second-order valence-corrected chi connectivity index (χ2v) is 7.52. The molecule has 0 aliphatic rings. The van der Waals surface area contributed by atoms with Crippen LogP contribution in [0.5, 0.6) is 11.5 Å². The molecule has 152 valence electrons. The topological polar surface area (TPSA) is 82.5 Å². The standard InChI is InChI=1S/C21H23N3O4S/c1-5-18(19(25)22-16-11-10-13(27-3)12-17(16)28-4)29-21-23-15-9-7-6-8-14(15)20(26)24(21)2/h6-12,18H,5H2,1-4H3,(H,22,25). The predicted molar refractivity (Wildman–Crippen MR) is 115 cm³/mol. The van der Waals surface area contributed by atoms with Crippen molar-refractivity contribution in [2.24, 2.45) is 7.05 Å². The summed E-state index contributed by atoms with van der Waals surface area (Å²) >= 11 is 1.27. The van der Waals surface area contributed by atoms with E-state index in [9.17, 15) is 9.59 Å². The number of nitrogens with zero attached hydrogens (tertiary/aromatic N) is 2. The van der Waals surface area contributed by atoms with Gasteiger partial charge >= 0.3 is 0 Å². The zero-order valence-corrected chi connectivity index (χ0v) is 17.6.